The van der Waals surface area contributed by atoms with Gasteiger partial charge >= 0.3 is 0 Å². The Morgan fingerprint density at radius 1 is 0.909 bits per heavy atom. The number of fused-ring (bicyclic) bond motifs is 3. The van der Waals surface area contributed by atoms with E-state index in [2.05, 4.69) is 51.5 Å². The molecule has 1 saturated heterocycles. The Morgan fingerprint density at radius 3 is 2.48 bits per heavy atom. The summed E-state index contributed by atoms with van der Waals surface area (Å²) in [5, 5.41) is 3.21. The summed E-state index contributed by atoms with van der Waals surface area (Å²) in [6.45, 7) is 4.05. The van der Waals surface area contributed by atoms with Gasteiger partial charge in [-0.25, -0.2) is 4.39 Å². The first kappa shape index (κ1) is 21.7. The van der Waals surface area contributed by atoms with Crippen molar-refractivity contribution in [3.63, 3.8) is 0 Å². The number of piperazine rings is 1. The van der Waals surface area contributed by atoms with Crippen LogP contribution in [0.2, 0.25) is 0 Å². The van der Waals surface area contributed by atoms with Gasteiger partial charge in [0.1, 0.15) is 5.82 Å². The van der Waals surface area contributed by atoms with Crippen molar-refractivity contribution in [3.05, 3.63) is 101 Å². The highest BCUT2D eigenvalue weighted by molar-refractivity contribution is 5.82. The van der Waals surface area contributed by atoms with Crippen LogP contribution < -0.4 is 10.2 Å². The normalized spacial score (nSPS) is 20.1. The van der Waals surface area contributed by atoms with Crippen LogP contribution >= 0.6 is 0 Å². The molecule has 1 fully saturated rings. The molecule has 3 aromatic carbocycles. The molecular weight excluding hydrogens is 413 g/mol. The van der Waals surface area contributed by atoms with Crippen LogP contribution in [-0.2, 0) is 24.2 Å². The fourth-order valence-corrected chi connectivity index (χ4v) is 5.21. The third-order valence-electron chi connectivity index (χ3n) is 6.92. The second kappa shape index (κ2) is 9.75. The minimum Gasteiger partial charge on any atom is -0.365 e. The van der Waals surface area contributed by atoms with Crippen molar-refractivity contribution in [3.8, 4) is 0 Å². The molecule has 1 amide bonds. The van der Waals surface area contributed by atoms with Gasteiger partial charge in [0.15, 0.2) is 0 Å². The Morgan fingerprint density at radius 2 is 1.67 bits per heavy atom. The minimum atomic E-state index is -0.209. The molecule has 33 heavy (non-hydrogen) atoms. The van der Waals surface area contributed by atoms with Crippen molar-refractivity contribution in [2.45, 2.75) is 25.4 Å². The van der Waals surface area contributed by atoms with Crippen LogP contribution in [0.5, 0.6) is 0 Å². The first-order valence-electron chi connectivity index (χ1n) is 11.8. The van der Waals surface area contributed by atoms with E-state index in [1.165, 1.54) is 28.9 Å². The zero-order valence-corrected chi connectivity index (χ0v) is 18.8. The lowest BCUT2D eigenvalue weighted by molar-refractivity contribution is -0.126. The second-order valence-electron chi connectivity index (χ2n) is 9.09. The molecule has 3 aromatic rings. The summed E-state index contributed by atoms with van der Waals surface area (Å²) in [7, 11) is 0. The molecule has 1 N–H and O–H groups in total. The molecular formula is C28H30FN3O. The van der Waals surface area contributed by atoms with Gasteiger partial charge in [0.05, 0.1) is 12.0 Å². The molecule has 0 radical (unpaired) electrons. The number of carbonyl (C=O) groups is 1. The van der Waals surface area contributed by atoms with Crippen LogP contribution in [0.3, 0.4) is 0 Å². The molecule has 2 atom stereocenters. The number of amides is 1. The van der Waals surface area contributed by atoms with E-state index in [1.807, 2.05) is 30.3 Å². The van der Waals surface area contributed by atoms with E-state index in [-0.39, 0.29) is 23.7 Å². The largest absolute Gasteiger partial charge is 0.365 e. The Hall–Kier alpha value is -3.18. The van der Waals surface area contributed by atoms with Crippen molar-refractivity contribution in [1.82, 2.24) is 10.2 Å². The average molecular weight is 444 g/mol. The zero-order valence-electron chi connectivity index (χ0n) is 18.8. The third kappa shape index (κ3) is 4.93. The van der Waals surface area contributed by atoms with Crippen LogP contribution in [0.1, 0.15) is 16.7 Å². The number of hydrogen-bond acceptors (Lipinski definition) is 3. The van der Waals surface area contributed by atoms with Crippen molar-refractivity contribution in [2.75, 3.05) is 31.1 Å². The molecule has 170 valence electrons. The molecule has 2 aliphatic rings. The molecule has 0 aromatic heterocycles. The molecule has 0 bridgehead atoms. The number of nitrogens with zero attached hydrogens (tertiary/aromatic N) is 2. The lowest BCUT2D eigenvalue weighted by Gasteiger charge is -2.49. The van der Waals surface area contributed by atoms with Crippen molar-refractivity contribution in [2.24, 2.45) is 5.92 Å². The topological polar surface area (TPSA) is 35.6 Å². The lowest BCUT2D eigenvalue weighted by atomic mass is 9.83. The van der Waals surface area contributed by atoms with E-state index in [0.29, 0.717) is 6.54 Å². The van der Waals surface area contributed by atoms with E-state index in [9.17, 15) is 9.18 Å². The predicted molar refractivity (Wildman–Crippen MR) is 130 cm³/mol. The van der Waals surface area contributed by atoms with E-state index in [4.69, 9.17) is 0 Å². The van der Waals surface area contributed by atoms with Gasteiger partial charge in [0.25, 0.3) is 0 Å². The maximum absolute atomic E-state index is 13.4. The molecule has 2 heterocycles. The smallest absolute Gasteiger partial charge is 0.225 e. The van der Waals surface area contributed by atoms with Crippen LogP contribution in [-0.4, -0.2) is 43.0 Å². The Bertz CT molecular complexity index is 1090. The summed E-state index contributed by atoms with van der Waals surface area (Å²) in [6, 6.07) is 25.6. The molecule has 4 nitrogen and oxygen atoms in total. The van der Waals surface area contributed by atoms with Gasteiger partial charge in [-0.2, -0.15) is 0 Å². The number of rotatable bonds is 6. The molecule has 0 spiro atoms. The second-order valence-corrected chi connectivity index (χ2v) is 9.09. The van der Waals surface area contributed by atoms with Gasteiger partial charge in [-0.3, -0.25) is 9.69 Å². The van der Waals surface area contributed by atoms with Crippen molar-refractivity contribution in [1.29, 1.82) is 0 Å². The molecule has 0 aliphatic carbocycles. The maximum Gasteiger partial charge on any atom is 0.225 e. The Kier molecular flexibility index (Phi) is 6.40. The monoisotopic (exact) mass is 443 g/mol. The highest BCUT2D eigenvalue weighted by Gasteiger charge is 2.41. The Labute approximate surface area is 195 Å². The summed E-state index contributed by atoms with van der Waals surface area (Å²) >= 11 is 0. The number of benzene rings is 3. The number of hydrogen-bond donors (Lipinski definition) is 1. The average Bonchev–Trinajstić information content (AvgIpc) is 2.85. The van der Waals surface area contributed by atoms with Gasteiger partial charge in [0, 0.05) is 38.4 Å². The summed E-state index contributed by atoms with van der Waals surface area (Å²) in [5.41, 5.74) is 4.85. The van der Waals surface area contributed by atoms with Gasteiger partial charge in [-0.05, 0) is 47.7 Å². The molecule has 2 aliphatic heterocycles. The van der Waals surface area contributed by atoms with Crippen LogP contribution in [0.25, 0.3) is 0 Å². The van der Waals surface area contributed by atoms with Gasteiger partial charge in [-0.1, -0.05) is 60.7 Å². The zero-order chi connectivity index (χ0) is 22.6. The molecule has 0 saturated carbocycles. The Balaban J connectivity index is 1.30. The van der Waals surface area contributed by atoms with E-state index in [1.54, 1.807) is 0 Å². The van der Waals surface area contributed by atoms with Crippen molar-refractivity contribution < 1.29 is 9.18 Å². The number of anilines is 1. The van der Waals surface area contributed by atoms with Gasteiger partial charge in [-0.15, -0.1) is 0 Å². The number of nitrogens with one attached hydrogen (secondary N) is 1. The van der Waals surface area contributed by atoms with E-state index < -0.39 is 0 Å². The summed E-state index contributed by atoms with van der Waals surface area (Å²) in [5.74, 6) is -0.162. The predicted octanol–water partition coefficient (Wildman–Crippen LogP) is 4.05. The number of carbonyl (C=O) groups excluding carboxylic acids is 1. The SMILES string of the molecule is O=C(NCCc1ccccc1)[C@@H]1Cc2ccccc2N2CCN(Cc3ccc(F)cc3)C[C@@H]12. The molecule has 0 unspecified atom stereocenters. The maximum atomic E-state index is 13.4. The van der Waals surface area contributed by atoms with Gasteiger partial charge < -0.3 is 10.2 Å². The fourth-order valence-electron chi connectivity index (χ4n) is 5.21. The summed E-state index contributed by atoms with van der Waals surface area (Å²) in [4.78, 5) is 18.2. The van der Waals surface area contributed by atoms with E-state index in [0.717, 1.165) is 44.6 Å². The van der Waals surface area contributed by atoms with E-state index >= 15 is 0 Å². The lowest BCUT2D eigenvalue weighted by Crippen LogP contribution is -2.61. The van der Waals surface area contributed by atoms with Crippen molar-refractivity contribution >= 4 is 11.6 Å². The minimum absolute atomic E-state index is 0.0910. The van der Waals surface area contributed by atoms with Crippen LogP contribution in [0.15, 0.2) is 78.9 Å². The number of para-hydroxylation sites is 1. The van der Waals surface area contributed by atoms with Crippen LogP contribution in [0.4, 0.5) is 10.1 Å². The van der Waals surface area contributed by atoms with Gasteiger partial charge in [0.2, 0.25) is 5.91 Å². The summed E-state index contributed by atoms with van der Waals surface area (Å²) < 4.78 is 13.3. The first-order chi connectivity index (χ1) is 16.2. The van der Waals surface area contributed by atoms with Crippen LogP contribution in [0, 0.1) is 11.7 Å². The standard InChI is InChI=1S/C28H30FN3O/c29-24-12-10-22(11-13-24)19-31-16-17-32-26-9-5-4-8-23(26)18-25(27(32)20-31)28(33)30-15-14-21-6-2-1-3-7-21/h1-13,25,27H,14-20H2,(H,30,33)/t25-,27+/m1/s1. The molecule has 5 rings (SSSR count). The highest BCUT2D eigenvalue weighted by atomic mass is 19.1. The fraction of sp³-hybridized carbons (Fsp3) is 0.321. The number of halogens is 1. The summed E-state index contributed by atoms with van der Waals surface area (Å²) in [6.07, 6.45) is 1.60. The first-order valence-corrected chi connectivity index (χ1v) is 11.8. The quantitative estimate of drug-likeness (QED) is 0.625. The third-order valence-corrected chi connectivity index (χ3v) is 6.92. The highest BCUT2D eigenvalue weighted by Crippen LogP contribution is 2.36. The molecule has 5 heteroatoms.